The van der Waals surface area contributed by atoms with Crippen LogP contribution in [0, 0.1) is 5.82 Å². The predicted molar refractivity (Wildman–Crippen MR) is 108 cm³/mol. The van der Waals surface area contributed by atoms with Gasteiger partial charge in [0.2, 0.25) is 0 Å². The summed E-state index contributed by atoms with van der Waals surface area (Å²) in [6.07, 6.45) is -0.00129. The van der Waals surface area contributed by atoms with Crippen LogP contribution in [0.15, 0.2) is 66.7 Å². The lowest BCUT2D eigenvalue weighted by atomic mass is 10.1. The Morgan fingerprint density at radius 2 is 1.50 bits per heavy atom. The maximum atomic E-state index is 14.4. The van der Waals surface area contributed by atoms with Gasteiger partial charge >= 0.3 is 12.1 Å². The molecule has 2 nitrogen and oxygen atoms in total. The van der Waals surface area contributed by atoms with Crippen LogP contribution in [0.3, 0.4) is 0 Å². The number of hydrogen-bond acceptors (Lipinski definition) is 2. The molecule has 0 aliphatic carbocycles. The van der Waals surface area contributed by atoms with Gasteiger partial charge in [-0.05, 0) is 59.5 Å². The molecule has 30 heavy (non-hydrogen) atoms. The van der Waals surface area contributed by atoms with Crippen LogP contribution >= 0.6 is 0 Å². The third kappa shape index (κ3) is 5.35. The van der Waals surface area contributed by atoms with E-state index in [1.54, 1.807) is 12.1 Å². The highest BCUT2D eigenvalue weighted by Gasteiger charge is 2.30. The van der Waals surface area contributed by atoms with Gasteiger partial charge in [0.25, 0.3) is 0 Å². The highest BCUT2D eigenvalue weighted by atomic mass is 19.4. The lowest BCUT2D eigenvalue weighted by Gasteiger charge is -2.09. The lowest BCUT2D eigenvalue weighted by Crippen LogP contribution is -2.11. The van der Waals surface area contributed by atoms with Gasteiger partial charge in [0.15, 0.2) is 0 Å². The molecule has 0 N–H and O–H groups in total. The van der Waals surface area contributed by atoms with Gasteiger partial charge in [-0.15, -0.1) is 0 Å². The van der Waals surface area contributed by atoms with Gasteiger partial charge in [0, 0.05) is 0 Å². The van der Waals surface area contributed by atoms with Crippen molar-refractivity contribution in [2.45, 2.75) is 19.5 Å². The van der Waals surface area contributed by atoms with E-state index in [4.69, 9.17) is 4.74 Å². The Bertz CT molecular complexity index is 1050. The van der Waals surface area contributed by atoms with E-state index in [0.29, 0.717) is 5.56 Å². The van der Waals surface area contributed by atoms with Crippen molar-refractivity contribution in [1.82, 2.24) is 0 Å². The summed E-state index contributed by atoms with van der Waals surface area (Å²) >= 11 is 0. The molecule has 0 heterocycles. The molecule has 0 unspecified atom stereocenters. The van der Waals surface area contributed by atoms with Crippen molar-refractivity contribution >= 4 is 18.1 Å². The zero-order valence-electron chi connectivity index (χ0n) is 16.0. The van der Waals surface area contributed by atoms with Crippen LogP contribution in [-0.2, 0) is 12.6 Å². The number of halogens is 4. The van der Waals surface area contributed by atoms with Gasteiger partial charge in [-0.2, -0.15) is 13.2 Å². The molecule has 3 aromatic rings. The van der Waals surface area contributed by atoms with Crippen molar-refractivity contribution < 1.29 is 27.1 Å². The summed E-state index contributed by atoms with van der Waals surface area (Å²) < 4.78 is 57.1. The summed E-state index contributed by atoms with van der Waals surface area (Å²) in [7, 11) is 0. The SMILES string of the molecule is CCc1ccc(C=Cc2ccc(C(=O)Oc3ccc(C(F)(F)F)cc3)c(F)c2)cc1. The van der Waals surface area contributed by atoms with Crippen LogP contribution in [-0.4, -0.2) is 5.97 Å². The Labute approximate surface area is 171 Å². The quantitative estimate of drug-likeness (QED) is 0.199. The summed E-state index contributed by atoms with van der Waals surface area (Å²) in [5.74, 6) is -1.87. The Kier molecular flexibility index (Phi) is 6.35. The second kappa shape index (κ2) is 8.95. The molecule has 0 aliphatic rings. The van der Waals surface area contributed by atoms with Crippen LogP contribution < -0.4 is 4.74 Å². The summed E-state index contributed by atoms with van der Waals surface area (Å²) in [6.45, 7) is 2.07. The topological polar surface area (TPSA) is 26.3 Å². The number of rotatable bonds is 5. The summed E-state index contributed by atoms with van der Waals surface area (Å²) in [6, 6.07) is 15.6. The van der Waals surface area contributed by atoms with Gasteiger partial charge < -0.3 is 4.74 Å². The molecule has 0 saturated heterocycles. The second-order valence-electron chi connectivity index (χ2n) is 6.58. The van der Waals surface area contributed by atoms with Crippen molar-refractivity contribution in [3.63, 3.8) is 0 Å². The number of esters is 1. The number of aryl methyl sites for hydroxylation is 1. The molecule has 0 atom stereocenters. The molecule has 3 aromatic carbocycles. The molecule has 0 spiro atoms. The first-order chi connectivity index (χ1) is 14.3. The number of alkyl halides is 3. The van der Waals surface area contributed by atoms with Crippen LogP contribution in [0.25, 0.3) is 12.2 Å². The van der Waals surface area contributed by atoms with Gasteiger partial charge in [0.1, 0.15) is 11.6 Å². The molecule has 0 radical (unpaired) electrons. The minimum absolute atomic E-state index is 0.105. The van der Waals surface area contributed by atoms with Crippen LogP contribution in [0.1, 0.15) is 39.5 Å². The van der Waals surface area contributed by atoms with Crippen molar-refractivity contribution in [2.24, 2.45) is 0 Å². The summed E-state index contributed by atoms with van der Waals surface area (Å²) in [4.78, 5) is 12.2. The normalized spacial score (nSPS) is 11.6. The number of carbonyl (C=O) groups is 1. The molecule has 3 rings (SSSR count). The van der Waals surface area contributed by atoms with E-state index in [2.05, 4.69) is 6.92 Å². The van der Waals surface area contributed by atoms with Crippen molar-refractivity contribution in [3.8, 4) is 5.75 Å². The standard InChI is InChI=1S/C24H18F4O2/c1-2-16-3-5-17(6-4-16)7-8-18-9-14-21(22(25)15-18)23(29)30-20-12-10-19(11-13-20)24(26,27)28/h3-15H,2H2,1H3. The zero-order valence-corrected chi connectivity index (χ0v) is 16.0. The van der Waals surface area contributed by atoms with E-state index in [-0.39, 0.29) is 11.3 Å². The fourth-order valence-electron chi connectivity index (χ4n) is 2.73. The predicted octanol–water partition coefficient (Wildman–Crippen LogP) is 6.80. The van der Waals surface area contributed by atoms with Gasteiger partial charge in [-0.1, -0.05) is 49.4 Å². The summed E-state index contributed by atoms with van der Waals surface area (Å²) in [5.41, 5.74) is 1.55. The molecule has 0 aliphatic heterocycles. The third-order valence-corrected chi connectivity index (χ3v) is 4.46. The van der Waals surface area contributed by atoms with Crippen molar-refractivity contribution in [2.75, 3.05) is 0 Å². The van der Waals surface area contributed by atoms with E-state index in [1.165, 1.54) is 17.7 Å². The smallest absolute Gasteiger partial charge is 0.416 e. The molecule has 0 fully saturated rings. The molecule has 0 amide bonds. The maximum absolute atomic E-state index is 14.4. The minimum atomic E-state index is -4.49. The average molecular weight is 414 g/mol. The van der Waals surface area contributed by atoms with Gasteiger partial charge in [-0.3, -0.25) is 0 Å². The van der Waals surface area contributed by atoms with E-state index >= 15 is 0 Å². The number of benzene rings is 3. The third-order valence-electron chi connectivity index (χ3n) is 4.46. The average Bonchev–Trinajstić information content (AvgIpc) is 2.72. The fourth-order valence-corrected chi connectivity index (χ4v) is 2.73. The molecule has 6 heteroatoms. The Morgan fingerprint density at radius 3 is 2.07 bits per heavy atom. The van der Waals surface area contributed by atoms with Crippen molar-refractivity contribution in [3.05, 3.63) is 100 Å². The van der Waals surface area contributed by atoms with Crippen molar-refractivity contribution in [1.29, 1.82) is 0 Å². The highest BCUT2D eigenvalue weighted by molar-refractivity contribution is 5.91. The monoisotopic (exact) mass is 414 g/mol. The van der Waals surface area contributed by atoms with E-state index in [0.717, 1.165) is 36.2 Å². The lowest BCUT2D eigenvalue weighted by molar-refractivity contribution is -0.137. The van der Waals surface area contributed by atoms with E-state index < -0.39 is 23.5 Å². The largest absolute Gasteiger partial charge is 0.423 e. The molecule has 0 aromatic heterocycles. The van der Waals surface area contributed by atoms with E-state index in [1.807, 2.05) is 30.3 Å². The van der Waals surface area contributed by atoms with Crippen LogP contribution in [0.4, 0.5) is 17.6 Å². The summed E-state index contributed by atoms with van der Waals surface area (Å²) in [5, 5.41) is 0. The second-order valence-corrected chi connectivity index (χ2v) is 6.58. The maximum Gasteiger partial charge on any atom is 0.416 e. The number of ether oxygens (including phenoxy) is 1. The first-order valence-electron chi connectivity index (χ1n) is 9.22. The van der Waals surface area contributed by atoms with Gasteiger partial charge in [-0.25, -0.2) is 9.18 Å². The first-order valence-corrected chi connectivity index (χ1v) is 9.22. The Hall–Kier alpha value is -3.41. The fraction of sp³-hybridized carbons (Fsp3) is 0.125. The van der Waals surface area contributed by atoms with Gasteiger partial charge in [0.05, 0.1) is 11.1 Å². The van der Waals surface area contributed by atoms with E-state index in [9.17, 15) is 22.4 Å². The van der Waals surface area contributed by atoms with Crippen LogP contribution in [0.2, 0.25) is 0 Å². The first kappa shape index (κ1) is 21.3. The molecule has 154 valence electrons. The number of hydrogen-bond donors (Lipinski definition) is 0. The molecule has 0 bridgehead atoms. The zero-order chi connectivity index (χ0) is 21.7. The Balaban J connectivity index is 1.69. The minimum Gasteiger partial charge on any atom is -0.423 e. The molecular formula is C24H18F4O2. The highest BCUT2D eigenvalue weighted by Crippen LogP contribution is 2.30. The van der Waals surface area contributed by atoms with Crippen LogP contribution in [0.5, 0.6) is 5.75 Å². The molecular weight excluding hydrogens is 396 g/mol. The number of carbonyl (C=O) groups excluding carboxylic acids is 1. The molecule has 0 saturated carbocycles. The Morgan fingerprint density at radius 1 is 0.900 bits per heavy atom.